The lowest BCUT2D eigenvalue weighted by atomic mass is 9.89. The third-order valence-electron chi connectivity index (χ3n) is 6.13. The summed E-state index contributed by atoms with van der Waals surface area (Å²) in [6.45, 7) is 4.72. The first kappa shape index (κ1) is 18.6. The van der Waals surface area contributed by atoms with E-state index in [4.69, 9.17) is 5.73 Å². The molecule has 0 spiro atoms. The molecular weight excluding hydrogens is 360 g/mol. The molecule has 0 saturated heterocycles. The first-order chi connectivity index (χ1) is 12.9. The summed E-state index contributed by atoms with van der Waals surface area (Å²) in [5.41, 5.74) is 6.68. The van der Waals surface area contributed by atoms with E-state index in [0.717, 1.165) is 42.3 Å². The molecule has 0 radical (unpaired) electrons. The average molecular weight is 389 g/mol. The Hall–Kier alpha value is -1.73. The molecule has 2 aromatic heterocycles. The van der Waals surface area contributed by atoms with Crippen LogP contribution in [0.4, 0.5) is 0 Å². The van der Waals surface area contributed by atoms with Crippen molar-refractivity contribution in [1.82, 2.24) is 15.3 Å². The Morgan fingerprint density at radius 2 is 2.19 bits per heavy atom. The maximum atomic E-state index is 12.6. The minimum Gasteiger partial charge on any atom is -0.349 e. The summed E-state index contributed by atoms with van der Waals surface area (Å²) in [6, 6.07) is 0. The van der Waals surface area contributed by atoms with Gasteiger partial charge in [0.1, 0.15) is 10.7 Å². The molecule has 2 aliphatic rings. The predicted octanol–water partition coefficient (Wildman–Crippen LogP) is 2.29. The highest BCUT2D eigenvalue weighted by Gasteiger charge is 2.41. The zero-order chi connectivity index (χ0) is 19.2. The van der Waals surface area contributed by atoms with Crippen LogP contribution in [0.25, 0.3) is 10.2 Å². The molecule has 146 valence electrons. The third-order valence-corrected chi connectivity index (χ3v) is 7.28. The Morgan fingerprint density at radius 1 is 1.41 bits per heavy atom. The third kappa shape index (κ3) is 3.67. The van der Waals surface area contributed by atoms with Gasteiger partial charge in [0.2, 0.25) is 5.91 Å². The van der Waals surface area contributed by atoms with Crippen molar-refractivity contribution in [1.29, 1.82) is 0 Å². The number of carbonyl (C=O) groups is 1. The van der Waals surface area contributed by atoms with E-state index in [1.165, 1.54) is 10.4 Å². The van der Waals surface area contributed by atoms with Gasteiger partial charge in [-0.2, -0.15) is 0 Å². The minimum atomic E-state index is -0.314. The monoisotopic (exact) mass is 388 g/mol. The summed E-state index contributed by atoms with van der Waals surface area (Å²) in [5.74, 6) is 1.71. The molecule has 2 unspecified atom stereocenters. The van der Waals surface area contributed by atoms with E-state index >= 15 is 0 Å². The van der Waals surface area contributed by atoms with E-state index < -0.39 is 0 Å². The second-order valence-electron chi connectivity index (χ2n) is 8.49. The predicted molar refractivity (Wildman–Crippen MR) is 108 cm³/mol. The molecule has 4 rings (SSSR count). The number of aromatic nitrogens is 2. The lowest BCUT2D eigenvalue weighted by molar-refractivity contribution is -0.123. The van der Waals surface area contributed by atoms with Crippen LogP contribution in [-0.4, -0.2) is 28.0 Å². The van der Waals surface area contributed by atoms with Crippen LogP contribution in [0.2, 0.25) is 0 Å². The molecule has 0 aromatic carbocycles. The number of hydrogen-bond donors (Lipinski definition) is 3. The molecule has 2 heterocycles. The van der Waals surface area contributed by atoms with E-state index in [2.05, 4.69) is 22.2 Å². The van der Waals surface area contributed by atoms with Crippen LogP contribution in [0.15, 0.2) is 4.79 Å². The molecule has 2 aliphatic carbocycles. The van der Waals surface area contributed by atoms with Gasteiger partial charge < -0.3 is 16.0 Å². The van der Waals surface area contributed by atoms with E-state index in [9.17, 15) is 9.59 Å². The summed E-state index contributed by atoms with van der Waals surface area (Å²) in [7, 11) is 0. The molecule has 1 saturated carbocycles. The van der Waals surface area contributed by atoms with Gasteiger partial charge in [-0.05, 0) is 56.4 Å². The topological polar surface area (TPSA) is 101 Å². The second kappa shape index (κ2) is 7.02. The van der Waals surface area contributed by atoms with Crippen LogP contribution < -0.4 is 16.6 Å². The average Bonchev–Trinajstić information content (AvgIpc) is 3.41. The molecule has 27 heavy (non-hydrogen) atoms. The van der Waals surface area contributed by atoms with Gasteiger partial charge in [0.25, 0.3) is 5.56 Å². The lowest BCUT2D eigenvalue weighted by Crippen LogP contribution is -2.53. The molecule has 4 N–H and O–H groups in total. The largest absolute Gasteiger partial charge is 0.349 e. The first-order valence-electron chi connectivity index (χ1n) is 9.94. The molecule has 2 atom stereocenters. The van der Waals surface area contributed by atoms with Crippen molar-refractivity contribution in [2.75, 3.05) is 6.54 Å². The van der Waals surface area contributed by atoms with Crippen molar-refractivity contribution in [3.63, 3.8) is 0 Å². The van der Waals surface area contributed by atoms with E-state index in [0.29, 0.717) is 37.0 Å². The Morgan fingerprint density at radius 3 is 2.89 bits per heavy atom. The van der Waals surface area contributed by atoms with Crippen molar-refractivity contribution in [2.45, 2.75) is 64.3 Å². The summed E-state index contributed by atoms with van der Waals surface area (Å²) < 4.78 is 0. The van der Waals surface area contributed by atoms with E-state index in [-0.39, 0.29) is 17.0 Å². The van der Waals surface area contributed by atoms with Crippen LogP contribution in [0.1, 0.15) is 55.8 Å². The van der Waals surface area contributed by atoms with Gasteiger partial charge in [-0.15, -0.1) is 11.3 Å². The van der Waals surface area contributed by atoms with Gasteiger partial charge in [0.05, 0.1) is 10.9 Å². The van der Waals surface area contributed by atoms with Crippen LogP contribution in [0.3, 0.4) is 0 Å². The summed E-state index contributed by atoms with van der Waals surface area (Å²) in [6.07, 6.45) is 6.11. The molecule has 1 amide bonds. The quantitative estimate of drug-likeness (QED) is 0.707. The number of carbonyl (C=O) groups excluding carboxylic acids is 1. The van der Waals surface area contributed by atoms with Crippen LogP contribution in [-0.2, 0) is 24.1 Å². The maximum absolute atomic E-state index is 12.6. The van der Waals surface area contributed by atoms with Crippen molar-refractivity contribution in [2.24, 2.45) is 17.6 Å². The zero-order valence-corrected chi connectivity index (χ0v) is 16.9. The zero-order valence-electron chi connectivity index (χ0n) is 16.1. The standard InChI is InChI=1S/C20H28N4O2S/c1-11-3-6-13-14(9-11)27-19-17(13)18(26)22-15(23-19)7-8-16(25)24-20(2,10-21)12-4-5-12/h11-12H,3-10,21H2,1-2H3,(H,24,25)(H,22,23,26). The van der Waals surface area contributed by atoms with Crippen molar-refractivity contribution in [3.05, 3.63) is 26.6 Å². The van der Waals surface area contributed by atoms with Crippen molar-refractivity contribution < 1.29 is 4.79 Å². The Labute approximate surface area is 163 Å². The molecule has 0 aliphatic heterocycles. The van der Waals surface area contributed by atoms with Crippen LogP contribution >= 0.6 is 11.3 Å². The van der Waals surface area contributed by atoms with E-state index in [1.807, 2.05) is 6.92 Å². The number of nitrogens with zero attached hydrogens (tertiary/aromatic N) is 1. The number of fused-ring (bicyclic) bond motifs is 3. The number of hydrogen-bond acceptors (Lipinski definition) is 5. The van der Waals surface area contributed by atoms with Crippen molar-refractivity contribution >= 4 is 27.5 Å². The SMILES string of the molecule is CC1CCc2c(sc3nc(CCC(=O)NC(C)(CN)C4CC4)[nH]c(=O)c23)C1. The van der Waals surface area contributed by atoms with Gasteiger partial charge in [0, 0.05) is 24.3 Å². The molecule has 2 aromatic rings. The fourth-order valence-electron chi connectivity index (χ4n) is 4.16. The molecule has 0 bridgehead atoms. The molecule has 7 heteroatoms. The van der Waals surface area contributed by atoms with Crippen LogP contribution in [0.5, 0.6) is 0 Å². The number of aromatic amines is 1. The number of aryl methyl sites for hydroxylation is 2. The van der Waals surface area contributed by atoms with Gasteiger partial charge in [0.15, 0.2) is 0 Å². The second-order valence-corrected chi connectivity index (χ2v) is 9.57. The first-order valence-corrected chi connectivity index (χ1v) is 10.8. The maximum Gasteiger partial charge on any atom is 0.259 e. The Kier molecular flexibility index (Phi) is 4.84. The lowest BCUT2D eigenvalue weighted by Gasteiger charge is -2.29. The number of amides is 1. The van der Waals surface area contributed by atoms with Gasteiger partial charge in [-0.3, -0.25) is 9.59 Å². The molecule has 6 nitrogen and oxygen atoms in total. The summed E-state index contributed by atoms with van der Waals surface area (Å²) in [5, 5.41) is 3.85. The van der Waals surface area contributed by atoms with Gasteiger partial charge in [-0.1, -0.05) is 6.92 Å². The minimum absolute atomic E-state index is 0.0307. The van der Waals surface area contributed by atoms with E-state index in [1.54, 1.807) is 11.3 Å². The van der Waals surface area contributed by atoms with Crippen LogP contribution in [0, 0.1) is 11.8 Å². The molecule has 1 fully saturated rings. The summed E-state index contributed by atoms with van der Waals surface area (Å²) in [4.78, 5) is 34.7. The Bertz CT molecular complexity index is 930. The highest BCUT2D eigenvalue weighted by molar-refractivity contribution is 7.18. The number of nitrogens with one attached hydrogen (secondary N) is 2. The number of H-pyrrole nitrogens is 1. The van der Waals surface area contributed by atoms with Crippen molar-refractivity contribution in [3.8, 4) is 0 Å². The fraction of sp³-hybridized carbons (Fsp3) is 0.650. The molecular formula is C20H28N4O2S. The highest BCUT2D eigenvalue weighted by Crippen LogP contribution is 2.39. The normalized spacial score (nSPS) is 21.7. The highest BCUT2D eigenvalue weighted by atomic mass is 32.1. The number of rotatable bonds is 6. The van der Waals surface area contributed by atoms with Gasteiger partial charge in [-0.25, -0.2) is 4.98 Å². The number of nitrogens with two attached hydrogens (primary N) is 1. The Balaban J connectivity index is 1.48. The number of thiophene rings is 1. The smallest absolute Gasteiger partial charge is 0.259 e. The fourth-order valence-corrected chi connectivity index (χ4v) is 5.57. The summed E-state index contributed by atoms with van der Waals surface area (Å²) >= 11 is 1.64. The van der Waals surface area contributed by atoms with Gasteiger partial charge >= 0.3 is 0 Å².